The highest BCUT2D eigenvalue weighted by atomic mass is 16.3. The van der Waals surface area contributed by atoms with Gasteiger partial charge < -0.3 is 20.6 Å². The lowest BCUT2D eigenvalue weighted by Crippen LogP contribution is -2.46. The van der Waals surface area contributed by atoms with Crippen LogP contribution in [0.5, 0.6) is 0 Å². The SMILES string of the molecule is CCNC(=NCc1ccc(CN2CCC(O)CC2)cc1)N1CCC(CC(=O)NC)CC1. The number of amides is 1. The molecule has 7 heteroatoms. The minimum absolute atomic E-state index is 0.121. The van der Waals surface area contributed by atoms with Crippen molar-refractivity contribution in [2.45, 2.75) is 58.2 Å². The third-order valence-corrected chi connectivity index (χ3v) is 6.40. The van der Waals surface area contributed by atoms with Gasteiger partial charge in [0.2, 0.25) is 5.91 Å². The highest BCUT2D eigenvalue weighted by Gasteiger charge is 2.23. The number of likely N-dealkylation sites (tertiary alicyclic amines) is 2. The molecule has 7 nitrogen and oxygen atoms in total. The van der Waals surface area contributed by atoms with E-state index < -0.39 is 0 Å². The second kappa shape index (κ2) is 12.1. The lowest BCUT2D eigenvalue weighted by Gasteiger charge is -2.34. The fourth-order valence-electron chi connectivity index (χ4n) is 4.39. The largest absolute Gasteiger partial charge is 0.393 e. The molecule has 2 aliphatic rings. The number of nitrogens with zero attached hydrogens (tertiary/aromatic N) is 3. The first-order chi connectivity index (χ1) is 15.1. The van der Waals surface area contributed by atoms with Gasteiger partial charge in [0.25, 0.3) is 0 Å². The summed E-state index contributed by atoms with van der Waals surface area (Å²) >= 11 is 0. The predicted molar refractivity (Wildman–Crippen MR) is 125 cm³/mol. The molecule has 0 unspecified atom stereocenters. The summed E-state index contributed by atoms with van der Waals surface area (Å²) in [6.45, 7) is 8.38. The molecule has 2 saturated heterocycles. The van der Waals surface area contributed by atoms with E-state index in [1.165, 1.54) is 11.1 Å². The molecule has 2 aliphatic heterocycles. The van der Waals surface area contributed by atoms with Crippen molar-refractivity contribution in [2.75, 3.05) is 39.8 Å². The Kier molecular flexibility index (Phi) is 9.15. The molecule has 1 amide bonds. The van der Waals surface area contributed by atoms with Gasteiger partial charge in [-0.2, -0.15) is 0 Å². The lowest BCUT2D eigenvalue weighted by atomic mass is 9.93. The number of carbonyl (C=O) groups excluding carboxylic acids is 1. The molecular formula is C24H39N5O2. The Morgan fingerprint density at radius 2 is 1.71 bits per heavy atom. The third-order valence-electron chi connectivity index (χ3n) is 6.40. The van der Waals surface area contributed by atoms with Gasteiger partial charge in [-0.05, 0) is 49.7 Å². The van der Waals surface area contributed by atoms with E-state index in [4.69, 9.17) is 4.99 Å². The van der Waals surface area contributed by atoms with Gasteiger partial charge in [-0.3, -0.25) is 9.69 Å². The van der Waals surface area contributed by atoms with Gasteiger partial charge in [-0.1, -0.05) is 24.3 Å². The topological polar surface area (TPSA) is 80.2 Å². The molecule has 0 aromatic heterocycles. The fraction of sp³-hybridized carbons (Fsp3) is 0.667. The number of aliphatic hydroxyl groups is 1. The summed E-state index contributed by atoms with van der Waals surface area (Å²) in [7, 11) is 1.71. The zero-order valence-corrected chi connectivity index (χ0v) is 19.1. The van der Waals surface area contributed by atoms with Crippen molar-refractivity contribution in [1.82, 2.24) is 20.4 Å². The highest BCUT2D eigenvalue weighted by Crippen LogP contribution is 2.21. The van der Waals surface area contributed by atoms with E-state index in [-0.39, 0.29) is 12.0 Å². The van der Waals surface area contributed by atoms with E-state index in [1.54, 1.807) is 7.05 Å². The van der Waals surface area contributed by atoms with Crippen LogP contribution in [0.25, 0.3) is 0 Å². The minimum atomic E-state index is -0.121. The molecule has 2 heterocycles. The summed E-state index contributed by atoms with van der Waals surface area (Å²) in [5, 5.41) is 15.8. The van der Waals surface area contributed by atoms with E-state index in [0.717, 1.165) is 70.9 Å². The number of rotatable bonds is 7. The number of aliphatic hydroxyl groups excluding tert-OH is 1. The molecule has 0 spiro atoms. The van der Waals surface area contributed by atoms with Crippen LogP contribution in [0, 0.1) is 5.92 Å². The van der Waals surface area contributed by atoms with Crippen LogP contribution in [0.3, 0.4) is 0 Å². The van der Waals surface area contributed by atoms with Crippen LogP contribution < -0.4 is 10.6 Å². The molecule has 1 aromatic carbocycles. The Labute approximate surface area is 186 Å². The zero-order chi connectivity index (χ0) is 22.1. The van der Waals surface area contributed by atoms with E-state index in [1.807, 2.05) is 0 Å². The maximum Gasteiger partial charge on any atom is 0.220 e. The van der Waals surface area contributed by atoms with Gasteiger partial charge in [0, 0.05) is 52.7 Å². The van der Waals surface area contributed by atoms with Gasteiger partial charge in [0.1, 0.15) is 0 Å². The fourth-order valence-corrected chi connectivity index (χ4v) is 4.39. The Balaban J connectivity index is 1.50. The van der Waals surface area contributed by atoms with Crippen molar-refractivity contribution in [3.8, 4) is 0 Å². The van der Waals surface area contributed by atoms with Crippen molar-refractivity contribution >= 4 is 11.9 Å². The van der Waals surface area contributed by atoms with Crippen LogP contribution in [0.1, 0.15) is 50.2 Å². The van der Waals surface area contributed by atoms with E-state index in [0.29, 0.717) is 18.9 Å². The van der Waals surface area contributed by atoms with Gasteiger partial charge in [-0.25, -0.2) is 4.99 Å². The summed E-state index contributed by atoms with van der Waals surface area (Å²) in [6, 6.07) is 8.76. The van der Waals surface area contributed by atoms with Crippen LogP contribution in [0.15, 0.2) is 29.3 Å². The summed E-state index contributed by atoms with van der Waals surface area (Å²) in [6.07, 6.45) is 4.32. The number of aliphatic imine (C=N–C) groups is 1. The molecule has 31 heavy (non-hydrogen) atoms. The van der Waals surface area contributed by atoms with E-state index in [9.17, 15) is 9.90 Å². The molecule has 0 saturated carbocycles. The summed E-state index contributed by atoms with van der Waals surface area (Å²) in [5.41, 5.74) is 2.52. The molecule has 1 aromatic rings. The number of nitrogens with one attached hydrogen (secondary N) is 2. The Morgan fingerprint density at radius 1 is 1.06 bits per heavy atom. The highest BCUT2D eigenvalue weighted by molar-refractivity contribution is 5.80. The molecule has 3 rings (SSSR count). The average Bonchev–Trinajstić information content (AvgIpc) is 2.79. The number of piperidine rings is 2. The first kappa shape index (κ1) is 23.5. The van der Waals surface area contributed by atoms with Crippen molar-refractivity contribution in [3.63, 3.8) is 0 Å². The van der Waals surface area contributed by atoms with Crippen molar-refractivity contribution in [3.05, 3.63) is 35.4 Å². The number of guanidine groups is 1. The van der Waals surface area contributed by atoms with Gasteiger partial charge in [0.15, 0.2) is 5.96 Å². The first-order valence-corrected chi connectivity index (χ1v) is 11.8. The number of carbonyl (C=O) groups is 1. The van der Waals surface area contributed by atoms with E-state index >= 15 is 0 Å². The predicted octanol–water partition coefficient (Wildman–Crippen LogP) is 1.96. The molecular weight excluding hydrogens is 390 g/mol. The van der Waals surface area contributed by atoms with Crippen LogP contribution in [-0.2, 0) is 17.9 Å². The van der Waals surface area contributed by atoms with Gasteiger partial charge in [-0.15, -0.1) is 0 Å². The molecule has 3 N–H and O–H groups in total. The quantitative estimate of drug-likeness (QED) is 0.456. The molecule has 2 fully saturated rings. The van der Waals surface area contributed by atoms with Crippen LogP contribution >= 0.6 is 0 Å². The molecule has 0 bridgehead atoms. The van der Waals surface area contributed by atoms with Gasteiger partial charge >= 0.3 is 0 Å². The Morgan fingerprint density at radius 3 is 2.32 bits per heavy atom. The van der Waals surface area contributed by atoms with Crippen molar-refractivity contribution in [1.29, 1.82) is 0 Å². The third kappa shape index (κ3) is 7.51. The maximum atomic E-state index is 11.6. The number of hydrogen-bond acceptors (Lipinski definition) is 4. The Hall–Kier alpha value is -2.12. The van der Waals surface area contributed by atoms with Crippen molar-refractivity contribution < 1.29 is 9.90 Å². The second-order valence-corrected chi connectivity index (χ2v) is 8.80. The zero-order valence-electron chi connectivity index (χ0n) is 19.1. The molecule has 0 aliphatic carbocycles. The van der Waals surface area contributed by atoms with Crippen LogP contribution in [0.2, 0.25) is 0 Å². The summed E-state index contributed by atoms with van der Waals surface area (Å²) in [4.78, 5) is 21.2. The van der Waals surface area contributed by atoms with Gasteiger partial charge in [0.05, 0.1) is 12.6 Å². The Bertz CT molecular complexity index is 705. The maximum absolute atomic E-state index is 11.6. The molecule has 0 radical (unpaired) electrons. The molecule has 0 atom stereocenters. The second-order valence-electron chi connectivity index (χ2n) is 8.80. The smallest absolute Gasteiger partial charge is 0.220 e. The first-order valence-electron chi connectivity index (χ1n) is 11.8. The summed E-state index contributed by atoms with van der Waals surface area (Å²) < 4.78 is 0. The standard InChI is InChI=1S/C24H39N5O2/c1-3-26-24(29-14-8-19(9-15-29)16-23(31)25-2)27-17-20-4-6-21(7-5-20)18-28-12-10-22(30)11-13-28/h4-7,19,22,30H,3,8-18H2,1-2H3,(H,25,31)(H,26,27). The van der Waals surface area contributed by atoms with E-state index in [2.05, 4.69) is 51.6 Å². The average molecular weight is 430 g/mol. The van der Waals surface area contributed by atoms with Crippen LogP contribution in [-0.4, -0.2) is 72.6 Å². The lowest BCUT2D eigenvalue weighted by molar-refractivity contribution is -0.121. The monoisotopic (exact) mass is 429 g/mol. The molecule has 172 valence electrons. The minimum Gasteiger partial charge on any atom is -0.393 e. The number of benzene rings is 1. The summed E-state index contributed by atoms with van der Waals surface area (Å²) in [5.74, 6) is 1.58. The van der Waals surface area contributed by atoms with Crippen LogP contribution in [0.4, 0.5) is 0 Å². The number of hydrogen-bond donors (Lipinski definition) is 3. The van der Waals surface area contributed by atoms with Crippen molar-refractivity contribution in [2.24, 2.45) is 10.9 Å². The normalized spacial score (nSPS) is 19.5.